The van der Waals surface area contributed by atoms with Gasteiger partial charge in [-0.1, -0.05) is 0 Å². The number of carbonyl (C=O) groups excluding carboxylic acids is 1. The molecule has 0 heterocycles. The number of hydrogen-bond donors (Lipinski definition) is 3. The molecule has 0 amide bonds. The topological polar surface area (TPSA) is 101 Å². The molecule has 0 unspecified atom stereocenters. The number of hydrogen-bond acceptors (Lipinski definition) is 3. The summed E-state index contributed by atoms with van der Waals surface area (Å²) in [6.07, 6.45) is 0. The van der Waals surface area contributed by atoms with E-state index in [0.29, 0.717) is 0 Å². The summed E-state index contributed by atoms with van der Waals surface area (Å²) < 4.78 is 9.83. The van der Waals surface area contributed by atoms with Crippen LogP contribution in [-0.2, 0) is 9.36 Å². The van der Waals surface area contributed by atoms with Gasteiger partial charge >= 0.3 is 7.60 Å². The third kappa shape index (κ3) is 2.18. The van der Waals surface area contributed by atoms with Crippen molar-refractivity contribution in [2.24, 2.45) is 5.73 Å². The second kappa shape index (κ2) is 2.37. The van der Waals surface area contributed by atoms with Crippen LogP contribution in [0.3, 0.4) is 0 Å². The van der Waals surface area contributed by atoms with Gasteiger partial charge in [-0.15, -0.1) is 0 Å². The summed E-state index contributed by atoms with van der Waals surface area (Å²) in [5.41, 5.74) is 3.39. The predicted octanol–water partition coefficient (Wildman–Crippen LogP) is -1.35. The monoisotopic (exact) mass is 139 g/mol. The van der Waals surface area contributed by atoms with E-state index < -0.39 is 19.7 Å². The van der Waals surface area contributed by atoms with Gasteiger partial charge in [0.15, 0.2) is 0 Å². The Morgan fingerprint density at radius 2 is 2.00 bits per heavy atom. The first-order valence-corrected chi connectivity index (χ1v) is 3.38. The molecule has 0 aliphatic carbocycles. The van der Waals surface area contributed by atoms with E-state index in [-0.39, 0.29) is 0 Å². The fraction of sp³-hybridized carbons (Fsp3) is 0.500. The molecule has 0 fully saturated rings. The minimum Gasteiger partial charge on any atom is -0.323 e. The van der Waals surface area contributed by atoms with E-state index in [9.17, 15) is 9.36 Å². The van der Waals surface area contributed by atoms with Crippen LogP contribution in [-0.4, -0.2) is 21.9 Å². The van der Waals surface area contributed by atoms with Crippen LogP contribution in [0.15, 0.2) is 0 Å². The van der Waals surface area contributed by atoms with Gasteiger partial charge in [0.2, 0.25) is 0 Å². The van der Waals surface area contributed by atoms with E-state index in [2.05, 4.69) is 5.73 Å². The molecule has 0 atom stereocenters. The molecular weight excluding hydrogens is 133 g/mol. The number of carbonyl (C=O) groups is 1. The summed E-state index contributed by atoms with van der Waals surface area (Å²) in [4.78, 5) is 25.9. The second-order valence-electron chi connectivity index (χ2n) is 1.14. The van der Waals surface area contributed by atoms with Crippen LogP contribution in [0.2, 0.25) is 0 Å². The van der Waals surface area contributed by atoms with Gasteiger partial charge in [-0.3, -0.25) is 9.36 Å². The highest BCUT2D eigenvalue weighted by Crippen LogP contribution is 2.34. The first kappa shape index (κ1) is 7.78. The molecule has 8 heavy (non-hydrogen) atoms. The zero-order valence-corrected chi connectivity index (χ0v) is 4.84. The summed E-state index contributed by atoms with van der Waals surface area (Å²) in [6.45, 7) is -0.607. The first-order chi connectivity index (χ1) is 3.48. The van der Waals surface area contributed by atoms with E-state index in [1.54, 1.807) is 0 Å². The second-order valence-corrected chi connectivity index (χ2v) is 2.73. The first-order valence-electron chi connectivity index (χ1n) is 1.77. The Labute approximate surface area is 45.7 Å². The van der Waals surface area contributed by atoms with Gasteiger partial charge in [0.25, 0.3) is 5.52 Å². The molecular formula is C2H6NO4P. The molecule has 4 N–H and O–H groups in total. The smallest absolute Gasteiger partial charge is 0.323 e. The van der Waals surface area contributed by atoms with Gasteiger partial charge in [-0.05, 0) is 0 Å². The Balaban J connectivity index is 4.04. The Kier molecular flexibility index (Phi) is 2.30. The lowest BCUT2D eigenvalue weighted by molar-refractivity contribution is -0.112. The van der Waals surface area contributed by atoms with Crippen molar-refractivity contribution in [3.63, 3.8) is 0 Å². The van der Waals surface area contributed by atoms with Crippen molar-refractivity contribution in [2.45, 2.75) is 0 Å². The fourth-order valence-corrected chi connectivity index (χ4v) is 0.357. The van der Waals surface area contributed by atoms with Crippen LogP contribution >= 0.6 is 7.60 Å². The van der Waals surface area contributed by atoms with E-state index in [1.807, 2.05) is 0 Å². The average Bonchev–Trinajstić information content (AvgIpc) is 1.62. The SMILES string of the molecule is NCC(=O)P(=O)(O)O. The van der Waals surface area contributed by atoms with Gasteiger partial charge in [0, 0.05) is 0 Å². The molecule has 0 spiro atoms. The molecule has 0 bridgehead atoms. The van der Waals surface area contributed by atoms with Crippen LogP contribution in [0.5, 0.6) is 0 Å². The molecule has 0 aliphatic heterocycles. The van der Waals surface area contributed by atoms with Crippen molar-refractivity contribution in [1.29, 1.82) is 0 Å². The Morgan fingerprint density at radius 1 is 1.62 bits per heavy atom. The van der Waals surface area contributed by atoms with E-state index in [1.165, 1.54) is 0 Å². The maximum Gasteiger partial charge on any atom is 0.392 e. The summed E-state index contributed by atoms with van der Waals surface area (Å²) in [5, 5.41) is 0. The molecule has 0 aromatic heterocycles. The lowest BCUT2D eigenvalue weighted by Gasteiger charge is -1.95. The van der Waals surface area contributed by atoms with Gasteiger partial charge in [0.1, 0.15) is 0 Å². The lowest BCUT2D eigenvalue weighted by atomic mass is 10.8. The van der Waals surface area contributed by atoms with E-state index in [0.717, 1.165) is 0 Å². The van der Waals surface area contributed by atoms with Crippen LogP contribution in [0.4, 0.5) is 0 Å². The summed E-state index contributed by atoms with van der Waals surface area (Å²) in [7, 11) is -4.52. The van der Waals surface area contributed by atoms with Crippen molar-refractivity contribution in [3.05, 3.63) is 0 Å². The highest BCUT2D eigenvalue weighted by atomic mass is 31.2. The molecule has 5 nitrogen and oxygen atoms in total. The average molecular weight is 139 g/mol. The van der Waals surface area contributed by atoms with Gasteiger partial charge in [-0.2, -0.15) is 0 Å². The standard InChI is InChI=1S/C2H6NO4P/c3-1-2(4)8(5,6)7/h1,3H2,(H2,5,6,7). The highest BCUT2D eigenvalue weighted by Gasteiger charge is 2.22. The number of nitrogens with two attached hydrogens (primary N) is 1. The van der Waals surface area contributed by atoms with Gasteiger partial charge < -0.3 is 15.5 Å². The van der Waals surface area contributed by atoms with Crippen molar-refractivity contribution >= 4 is 13.1 Å². The molecule has 0 aromatic rings. The fourth-order valence-electron chi connectivity index (χ4n) is 0.119. The third-order valence-corrected chi connectivity index (χ3v) is 1.33. The van der Waals surface area contributed by atoms with Gasteiger partial charge in [-0.25, -0.2) is 0 Å². The zero-order chi connectivity index (χ0) is 6.78. The molecule has 0 saturated heterocycles. The zero-order valence-electron chi connectivity index (χ0n) is 3.94. The normalized spacial score (nSPS) is 11.4. The van der Waals surface area contributed by atoms with Gasteiger partial charge in [0.05, 0.1) is 6.54 Å². The molecule has 0 rings (SSSR count). The van der Waals surface area contributed by atoms with E-state index in [4.69, 9.17) is 9.79 Å². The molecule has 48 valence electrons. The number of rotatable bonds is 2. The van der Waals surface area contributed by atoms with Crippen LogP contribution in [0, 0.1) is 0 Å². The maximum absolute atomic E-state index is 9.95. The third-order valence-electron chi connectivity index (χ3n) is 0.500. The Morgan fingerprint density at radius 3 is 2.00 bits per heavy atom. The molecule has 0 aromatic carbocycles. The van der Waals surface area contributed by atoms with Crippen molar-refractivity contribution in [3.8, 4) is 0 Å². The molecule has 0 saturated carbocycles. The summed E-state index contributed by atoms with van der Waals surface area (Å²) in [6, 6.07) is 0. The van der Waals surface area contributed by atoms with Crippen molar-refractivity contribution in [2.75, 3.05) is 6.54 Å². The summed E-state index contributed by atoms with van der Waals surface area (Å²) >= 11 is 0. The van der Waals surface area contributed by atoms with Crippen molar-refractivity contribution < 1.29 is 19.1 Å². The lowest BCUT2D eigenvalue weighted by Crippen LogP contribution is -2.12. The van der Waals surface area contributed by atoms with E-state index >= 15 is 0 Å². The largest absolute Gasteiger partial charge is 0.392 e. The Hall–Kier alpha value is -0.220. The minimum absolute atomic E-state index is 0.607. The van der Waals surface area contributed by atoms with Crippen LogP contribution in [0.1, 0.15) is 0 Å². The molecule has 6 heteroatoms. The maximum atomic E-state index is 9.95. The Bertz CT molecular complexity index is 137. The van der Waals surface area contributed by atoms with Crippen LogP contribution < -0.4 is 5.73 Å². The molecule has 0 aliphatic rings. The molecule has 0 radical (unpaired) electrons. The highest BCUT2D eigenvalue weighted by molar-refractivity contribution is 7.70. The van der Waals surface area contributed by atoms with Crippen molar-refractivity contribution in [1.82, 2.24) is 0 Å². The summed E-state index contributed by atoms with van der Waals surface area (Å²) in [5.74, 6) is 0. The predicted molar refractivity (Wildman–Crippen MR) is 26.1 cm³/mol. The minimum atomic E-state index is -4.52. The van der Waals surface area contributed by atoms with Crippen LogP contribution in [0.25, 0.3) is 0 Å². The quantitative estimate of drug-likeness (QED) is 0.410.